The van der Waals surface area contributed by atoms with E-state index in [9.17, 15) is 5.11 Å². The van der Waals surface area contributed by atoms with Crippen LogP contribution in [-0.2, 0) is 0 Å². The van der Waals surface area contributed by atoms with Crippen LogP contribution in [0.5, 0.6) is 5.88 Å². The van der Waals surface area contributed by atoms with Gasteiger partial charge in [-0.25, -0.2) is 0 Å². The van der Waals surface area contributed by atoms with Crippen molar-refractivity contribution in [3.63, 3.8) is 0 Å². The highest BCUT2D eigenvalue weighted by Gasteiger charge is 2.11. The molecule has 2 aromatic carbocycles. The number of azo groups is 1. The van der Waals surface area contributed by atoms with Gasteiger partial charge in [0.25, 0.3) is 0 Å². The smallest absolute Gasteiger partial charge is 0.218 e. The molecule has 1 aromatic heterocycles. The van der Waals surface area contributed by atoms with Crippen LogP contribution in [0.1, 0.15) is 5.56 Å². The van der Waals surface area contributed by atoms with Crippen LogP contribution in [0.15, 0.2) is 58.8 Å². The lowest BCUT2D eigenvalue weighted by Crippen LogP contribution is -1.73. The first kappa shape index (κ1) is 11.5. The summed E-state index contributed by atoms with van der Waals surface area (Å²) < 4.78 is 0. The Balaban J connectivity index is 2.09. The van der Waals surface area contributed by atoms with Gasteiger partial charge in [-0.2, -0.15) is 5.11 Å². The number of aromatic nitrogens is 1. The van der Waals surface area contributed by atoms with Crippen molar-refractivity contribution in [2.45, 2.75) is 6.92 Å². The molecule has 0 radical (unpaired) electrons. The second-order valence-corrected chi connectivity index (χ2v) is 4.36. The molecule has 0 aliphatic carbocycles. The van der Waals surface area contributed by atoms with Crippen LogP contribution >= 0.6 is 0 Å². The Labute approximate surface area is 110 Å². The van der Waals surface area contributed by atoms with Crippen molar-refractivity contribution in [1.29, 1.82) is 0 Å². The Bertz CT molecular complexity index is 745. The van der Waals surface area contributed by atoms with Gasteiger partial charge in [0.1, 0.15) is 0 Å². The topological polar surface area (TPSA) is 60.7 Å². The summed E-state index contributed by atoms with van der Waals surface area (Å²) in [6.45, 7) is 1.98. The van der Waals surface area contributed by atoms with Crippen molar-refractivity contribution in [1.82, 2.24) is 4.98 Å². The van der Waals surface area contributed by atoms with Crippen molar-refractivity contribution < 1.29 is 5.11 Å². The minimum Gasteiger partial charge on any atom is -0.493 e. The average Bonchev–Trinajstić information content (AvgIpc) is 2.75. The number of H-pyrrole nitrogens is 1. The van der Waals surface area contributed by atoms with E-state index < -0.39 is 0 Å². The van der Waals surface area contributed by atoms with Gasteiger partial charge < -0.3 is 10.1 Å². The first-order valence-corrected chi connectivity index (χ1v) is 6.03. The molecule has 2 N–H and O–H groups in total. The van der Waals surface area contributed by atoms with Gasteiger partial charge in [-0.05, 0) is 24.6 Å². The van der Waals surface area contributed by atoms with E-state index in [1.54, 1.807) is 0 Å². The lowest BCUT2D eigenvalue weighted by atomic mass is 10.1. The maximum atomic E-state index is 9.93. The van der Waals surface area contributed by atoms with Crippen molar-refractivity contribution in [3.8, 4) is 5.88 Å². The molecule has 3 rings (SSSR count). The minimum atomic E-state index is 0.0454. The minimum absolute atomic E-state index is 0.0454. The van der Waals surface area contributed by atoms with E-state index in [1.807, 2.05) is 55.5 Å². The van der Waals surface area contributed by atoms with E-state index in [0.717, 1.165) is 22.2 Å². The summed E-state index contributed by atoms with van der Waals surface area (Å²) in [6, 6.07) is 15.3. The normalized spacial score (nSPS) is 11.4. The predicted octanol–water partition coefficient (Wildman–Crippen LogP) is 4.60. The van der Waals surface area contributed by atoms with E-state index in [1.165, 1.54) is 0 Å². The molecule has 4 nitrogen and oxygen atoms in total. The standard InChI is InChI=1S/C15H13N3O/c1-10-6-5-9-12-13(10)16-15(19)14(12)18-17-11-7-3-2-4-8-11/h2-9,16,19H,1H3. The second kappa shape index (κ2) is 4.57. The van der Waals surface area contributed by atoms with Gasteiger partial charge in [-0.1, -0.05) is 36.4 Å². The highest BCUT2D eigenvalue weighted by Crippen LogP contribution is 2.37. The zero-order valence-corrected chi connectivity index (χ0v) is 10.5. The number of hydrogen-bond donors (Lipinski definition) is 2. The molecule has 19 heavy (non-hydrogen) atoms. The molecule has 0 aliphatic rings. The van der Waals surface area contributed by atoms with Gasteiger partial charge in [0.05, 0.1) is 11.2 Å². The van der Waals surface area contributed by atoms with Gasteiger partial charge >= 0.3 is 0 Å². The van der Waals surface area contributed by atoms with Crippen molar-refractivity contribution in [2.75, 3.05) is 0 Å². The van der Waals surface area contributed by atoms with Crippen LogP contribution in [0.25, 0.3) is 10.9 Å². The van der Waals surface area contributed by atoms with Gasteiger partial charge in [0.2, 0.25) is 5.88 Å². The first-order valence-electron chi connectivity index (χ1n) is 6.03. The molecule has 0 saturated carbocycles. The molecule has 1 heterocycles. The monoisotopic (exact) mass is 251 g/mol. The summed E-state index contributed by atoms with van der Waals surface area (Å²) in [5.41, 5.74) is 3.18. The molecule has 0 atom stereocenters. The quantitative estimate of drug-likeness (QED) is 0.642. The number of rotatable bonds is 2. The summed E-state index contributed by atoms with van der Waals surface area (Å²) in [4.78, 5) is 2.93. The number of nitrogens with one attached hydrogen (secondary N) is 1. The Morgan fingerprint density at radius 1 is 0.947 bits per heavy atom. The summed E-state index contributed by atoms with van der Waals surface area (Å²) in [5, 5.41) is 19.1. The Morgan fingerprint density at radius 3 is 2.53 bits per heavy atom. The zero-order valence-electron chi connectivity index (χ0n) is 10.5. The fourth-order valence-corrected chi connectivity index (χ4v) is 2.04. The van der Waals surface area contributed by atoms with E-state index >= 15 is 0 Å². The molecule has 0 bridgehead atoms. The maximum absolute atomic E-state index is 9.93. The van der Waals surface area contributed by atoms with Crippen LogP contribution in [0.4, 0.5) is 11.4 Å². The molecule has 0 fully saturated rings. The van der Waals surface area contributed by atoms with Gasteiger partial charge in [0.15, 0.2) is 5.69 Å². The molecule has 4 heteroatoms. The molecule has 0 saturated heterocycles. The van der Waals surface area contributed by atoms with E-state index in [0.29, 0.717) is 5.69 Å². The summed E-state index contributed by atoms with van der Waals surface area (Å²) in [5.74, 6) is 0.0454. The third-order valence-electron chi connectivity index (χ3n) is 3.02. The lowest BCUT2D eigenvalue weighted by molar-refractivity contribution is 0.459. The maximum Gasteiger partial charge on any atom is 0.218 e. The van der Waals surface area contributed by atoms with Crippen LogP contribution in [-0.4, -0.2) is 10.1 Å². The molecular formula is C15H13N3O. The fraction of sp³-hybridized carbons (Fsp3) is 0.0667. The number of nitrogens with zero attached hydrogens (tertiary/aromatic N) is 2. The molecular weight excluding hydrogens is 238 g/mol. The summed E-state index contributed by atoms with van der Waals surface area (Å²) in [7, 11) is 0. The number of para-hydroxylation sites is 1. The summed E-state index contributed by atoms with van der Waals surface area (Å²) >= 11 is 0. The number of aryl methyl sites for hydroxylation is 1. The summed E-state index contributed by atoms with van der Waals surface area (Å²) in [6.07, 6.45) is 0. The lowest BCUT2D eigenvalue weighted by Gasteiger charge is -1.94. The van der Waals surface area contributed by atoms with E-state index in [2.05, 4.69) is 15.2 Å². The number of benzene rings is 2. The predicted molar refractivity (Wildman–Crippen MR) is 75.3 cm³/mol. The average molecular weight is 251 g/mol. The first-order chi connectivity index (χ1) is 9.25. The molecule has 3 aromatic rings. The van der Waals surface area contributed by atoms with Crippen LogP contribution in [0, 0.1) is 6.92 Å². The number of aromatic hydroxyl groups is 1. The Hall–Kier alpha value is -2.62. The van der Waals surface area contributed by atoms with Gasteiger partial charge in [-0.3, -0.25) is 0 Å². The molecule has 0 unspecified atom stereocenters. The SMILES string of the molecule is Cc1cccc2c(N=Nc3ccccc3)c(O)[nH]c12. The number of aromatic amines is 1. The van der Waals surface area contributed by atoms with Crippen LogP contribution in [0.3, 0.4) is 0 Å². The third-order valence-corrected chi connectivity index (χ3v) is 3.02. The van der Waals surface area contributed by atoms with Gasteiger partial charge in [-0.15, -0.1) is 5.11 Å². The highest BCUT2D eigenvalue weighted by molar-refractivity contribution is 5.95. The molecule has 0 amide bonds. The third kappa shape index (κ3) is 2.08. The molecule has 0 spiro atoms. The van der Waals surface area contributed by atoms with Crippen LogP contribution < -0.4 is 0 Å². The largest absolute Gasteiger partial charge is 0.493 e. The number of fused-ring (bicyclic) bond motifs is 1. The van der Waals surface area contributed by atoms with Crippen molar-refractivity contribution >= 4 is 22.3 Å². The van der Waals surface area contributed by atoms with Crippen LogP contribution in [0.2, 0.25) is 0 Å². The highest BCUT2D eigenvalue weighted by atomic mass is 16.3. The molecule has 94 valence electrons. The zero-order chi connectivity index (χ0) is 13.2. The molecule has 0 aliphatic heterocycles. The number of hydrogen-bond acceptors (Lipinski definition) is 3. The Morgan fingerprint density at radius 2 is 1.74 bits per heavy atom. The fourth-order valence-electron chi connectivity index (χ4n) is 2.04. The van der Waals surface area contributed by atoms with Crippen molar-refractivity contribution in [3.05, 3.63) is 54.1 Å². The Kier molecular flexibility index (Phi) is 2.76. The van der Waals surface area contributed by atoms with E-state index in [-0.39, 0.29) is 5.88 Å². The van der Waals surface area contributed by atoms with Gasteiger partial charge in [0, 0.05) is 5.39 Å². The second-order valence-electron chi connectivity index (χ2n) is 4.36. The van der Waals surface area contributed by atoms with E-state index in [4.69, 9.17) is 0 Å². The van der Waals surface area contributed by atoms with Crippen molar-refractivity contribution in [2.24, 2.45) is 10.2 Å².